The Morgan fingerprint density at radius 2 is 1.93 bits per heavy atom. The molecule has 0 aliphatic carbocycles. The summed E-state index contributed by atoms with van der Waals surface area (Å²) in [7, 11) is 0. The van der Waals surface area contributed by atoms with Crippen molar-refractivity contribution in [1.29, 1.82) is 0 Å². The molecular formula is C20H10Cl2O4S. The van der Waals surface area contributed by atoms with Crippen LogP contribution in [0.25, 0.3) is 6.08 Å². The molecule has 0 saturated carbocycles. The summed E-state index contributed by atoms with van der Waals surface area (Å²) in [6.45, 7) is 0. The molecule has 4 nitrogen and oxygen atoms in total. The zero-order valence-corrected chi connectivity index (χ0v) is 15.9. The zero-order chi connectivity index (χ0) is 19.0. The highest BCUT2D eigenvalue weighted by Gasteiger charge is 2.28. The van der Waals surface area contributed by atoms with E-state index in [1.54, 1.807) is 53.9 Å². The molecule has 2 aromatic carbocycles. The van der Waals surface area contributed by atoms with E-state index in [-0.39, 0.29) is 11.5 Å². The first-order valence-electron chi connectivity index (χ1n) is 7.80. The van der Waals surface area contributed by atoms with Gasteiger partial charge < -0.3 is 9.47 Å². The van der Waals surface area contributed by atoms with E-state index in [1.165, 1.54) is 17.4 Å². The second kappa shape index (κ2) is 7.19. The van der Waals surface area contributed by atoms with Gasteiger partial charge in [-0.2, -0.15) is 0 Å². The van der Waals surface area contributed by atoms with E-state index in [2.05, 4.69) is 0 Å². The van der Waals surface area contributed by atoms with E-state index in [4.69, 9.17) is 32.7 Å². The van der Waals surface area contributed by atoms with E-state index in [1.807, 2.05) is 0 Å². The molecule has 1 aliphatic heterocycles. The number of Topliss-reactive ketones (excluding diaryl/α,β-unsaturated/α-hetero) is 1. The molecule has 1 aromatic heterocycles. The summed E-state index contributed by atoms with van der Waals surface area (Å²) >= 11 is 13.2. The Hall–Kier alpha value is -2.60. The number of esters is 1. The molecule has 7 heteroatoms. The predicted molar refractivity (Wildman–Crippen MR) is 105 cm³/mol. The summed E-state index contributed by atoms with van der Waals surface area (Å²) < 4.78 is 11.0. The van der Waals surface area contributed by atoms with Gasteiger partial charge in [-0.3, -0.25) is 4.79 Å². The Kier molecular flexibility index (Phi) is 4.74. The van der Waals surface area contributed by atoms with Gasteiger partial charge in [0.2, 0.25) is 5.78 Å². The van der Waals surface area contributed by atoms with Gasteiger partial charge in [0.1, 0.15) is 16.4 Å². The second-order valence-corrected chi connectivity index (χ2v) is 7.40. The van der Waals surface area contributed by atoms with E-state index in [0.29, 0.717) is 37.5 Å². The SMILES string of the molecule is O=C(Oc1ccc2c(c1)OC(=Cc1ccc(Cl)c(Cl)c1)C2=O)c1cccs1. The van der Waals surface area contributed by atoms with Gasteiger partial charge in [0.05, 0.1) is 15.6 Å². The van der Waals surface area contributed by atoms with Crippen LogP contribution in [0.15, 0.2) is 59.7 Å². The number of fused-ring (bicyclic) bond motifs is 1. The van der Waals surface area contributed by atoms with Crippen molar-refractivity contribution in [3.63, 3.8) is 0 Å². The number of ketones is 1. The van der Waals surface area contributed by atoms with E-state index in [0.717, 1.165) is 0 Å². The first-order valence-corrected chi connectivity index (χ1v) is 9.44. The molecule has 1 aliphatic rings. The number of allylic oxidation sites excluding steroid dienone is 1. The minimum Gasteiger partial charge on any atom is -0.452 e. The lowest BCUT2D eigenvalue weighted by molar-refractivity contribution is 0.0739. The van der Waals surface area contributed by atoms with Gasteiger partial charge in [-0.25, -0.2) is 4.79 Å². The number of benzene rings is 2. The summed E-state index contributed by atoms with van der Waals surface area (Å²) in [5.41, 5.74) is 1.09. The molecule has 3 aromatic rings. The Bertz CT molecular complexity index is 1090. The molecule has 0 amide bonds. The fourth-order valence-corrected chi connectivity index (χ4v) is 3.44. The van der Waals surface area contributed by atoms with E-state index < -0.39 is 5.97 Å². The van der Waals surface area contributed by atoms with Crippen LogP contribution in [0.5, 0.6) is 11.5 Å². The minimum absolute atomic E-state index is 0.158. The van der Waals surface area contributed by atoms with Crippen LogP contribution in [0.2, 0.25) is 10.0 Å². The van der Waals surface area contributed by atoms with Crippen LogP contribution in [0.3, 0.4) is 0 Å². The monoisotopic (exact) mass is 416 g/mol. The van der Waals surface area contributed by atoms with Crippen molar-refractivity contribution in [3.05, 3.63) is 85.7 Å². The highest BCUT2D eigenvalue weighted by molar-refractivity contribution is 7.12. The molecule has 2 heterocycles. The molecule has 0 N–H and O–H groups in total. The maximum Gasteiger partial charge on any atom is 0.353 e. The van der Waals surface area contributed by atoms with Gasteiger partial charge >= 0.3 is 5.97 Å². The van der Waals surface area contributed by atoms with Gasteiger partial charge in [-0.15, -0.1) is 11.3 Å². The summed E-state index contributed by atoms with van der Waals surface area (Å²) in [5.74, 6) is 0.0803. The molecule has 4 rings (SSSR count). The van der Waals surface area contributed by atoms with Crippen LogP contribution >= 0.6 is 34.5 Å². The topological polar surface area (TPSA) is 52.6 Å². The standard InChI is InChI=1S/C20H10Cl2O4S/c21-14-6-3-11(8-15(14)22)9-17-19(23)13-5-4-12(10-16(13)26-17)25-20(24)18-2-1-7-27-18/h1-10H. The third-order valence-electron chi connectivity index (χ3n) is 3.82. The maximum atomic E-state index is 12.5. The lowest BCUT2D eigenvalue weighted by atomic mass is 10.1. The highest BCUT2D eigenvalue weighted by atomic mass is 35.5. The number of hydrogen-bond acceptors (Lipinski definition) is 5. The van der Waals surface area contributed by atoms with Crippen molar-refractivity contribution < 1.29 is 19.1 Å². The van der Waals surface area contributed by atoms with Crippen molar-refractivity contribution >= 4 is 52.4 Å². The Balaban J connectivity index is 1.57. The fourth-order valence-electron chi connectivity index (χ4n) is 2.54. The highest BCUT2D eigenvalue weighted by Crippen LogP contribution is 2.35. The molecular weight excluding hydrogens is 407 g/mol. The maximum absolute atomic E-state index is 12.5. The fraction of sp³-hybridized carbons (Fsp3) is 0. The molecule has 27 heavy (non-hydrogen) atoms. The molecule has 0 unspecified atom stereocenters. The normalized spacial score (nSPS) is 14.1. The Morgan fingerprint density at radius 1 is 1.07 bits per heavy atom. The van der Waals surface area contributed by atoms with Crippen LogP contribution in [-0.4, -0.2) is 11.8 Å². The van der Waals surface area contributed by atoms with Crippen molar-refractivity contribution in [2.24, 2.45) is 0 Å². The molecule has 0 spiro atoms. The molecule has 0 bridgehead atoms. The molecule has 0 saturated heterocycles. The average molecular weight is 417 g/mol. The van der Waals surface area contributed by atoms with Crippen LogP contribution in [0.1, 0.15) is 25.6 Å². The first kappa shape index (κ1) is 17.8. The van der Waals surface area contributed by atoms with Crippen LogP contribution in [0, 0.1) is 0 Å². The number of hydrogen-bond donors (Lipinski definition) is 0. The van der Waals surface area contributed by atoms with Gasteiger partial charge in [0.15, 0.2) is 5.76 Å². The third kappa shape index (κ3) is 3.62. The van der Waals surface area contributed by atoms with Crippen LogP contribution in [-0.2, 0) is 0 Å². The number of halogens is 2. The van der Waals surface area contributed by atoms with Crippen molar-refractivity contribution in [2.75, 3.05) is 0 Å². The second-order valence-electron chi connectivity index (χ2n) is 5.64. The first-order chi connectivity index (χ1) is 13.0. The number of ether oxygens (including phenoxy) is 2. The summed E-state index contributed by atoms with van der Waals surface area (Å²) in [6, 6.07) is 13.1. The van der Waals surface area contributed by atoms with Crippen molar-refractivity contribution in [2.45, 2.75) is 0 Å². The van der Waals surface area contributed by atoms with Crippen molar-refractivity contribution in [1.82, 2.24) is 0 Å². The van der Waals surface area contributed by atoms with E-state index >= 15 is 0 Å². The molecule has 0 radical (unpaired) electrons. The predicted octanol–water partition coefficient (Wildman–Crippen LogP) is 5.89. The van der Waals surface area contributed by atoms with Crippen LogP contribution < -0.4 is 9.47 Å². The van der Waals surface area contributed by atoms with Crippen LogP contribution in [0.4, 0.5) is 0 Å². The summed E-state index contributed by atoms with van der Waals surface area (Å²) in [4.78, 5) is 25.1. The summed E-state index contributed by atoms with van der Waals surface area (Å²) in [6.07, 6.45) is 1.59. The lowest BCUT2D eigenvalue weighted by Gasteiger charge is -2.04. The minimum atomic E-state index is -0.458. The number of thiophene rings is 1. The molecule has 134 valence electrons. The van der Waals surface area contributed by atoms with Gasteiger partial charge in [0, 0.05) is 6.07 Å². The van der Waals surface area contributed by atoms with Gasteiger partial charge in [0.25, 0.3) is 0 Å². The lowest BCUT2D eigenvalue weighted by Crippen LogP contribution is -2.06. The average Bonchev–Trinajstić information content (AvgIpc) is 3.27. The van der Waals surface area contributed by atoms with Gasteiger partial charge in [-0.1, -0.05) is 35.3 Å². The number of rotatable bonds is 3. The summed E-state index contributed by atoms with van der Waals surface area (Å²) in [5, 5.41) is 2.61. The molecule has 0 fully saturated rings. The third-order valence-corrected chi connectivity index (χ3v) is 5.40. The Labute approximate surface area is 168 Å². The Morgan fingerprint density at radius 3 is 2.67 bits per heavy atom. The molecule has 0 atom stereocenters. The van der Waals surface area contributed by atoms with E-state index in [9.17, 15) is 9.59 Å². The zero-order valence-electron chi connectivity index (χ0n) is 13.6. The van der Waals surface area contributed by atoms with Gasteiger partial charge in [-0.05, 0) is 47.4 Å². The van der Waals surface area contributed by atoms with Crippen molar-refractivity contribution in [3.8, 4) is 11.5 Å². The quantitative estimate of drug-likeness (QED) is 0.303. The largest absolute Gasteiger partial charge is 0.452 e. The number of carbonyl (C=O) groups excluding carboxylic acids is 2. The number of carbonyl (C=O) groups is 2. The smallest absolute Gasteiger partial charge is 0.353 e.